The standard InChI is InChI=1S/C18H37.Na.H/c1-3-5-7-9-11-13-15-17-18-16-14-12-10-8-6-4-2;;/h1,3-18H2,2H3;;. The summed E-state index contributed by atoms with van der Waals surface area (Å²) in [5, 5.41) is 0. The van der Waals surface area contributed by atoms with E-state index in [1.807, 2.05) is 0 Å². The third kappa shape index (κ3) is 21.4. The van der Waals surface area contributed by atoms with E-state index in [4.69, 9.17) is 0 Å². The number of unbranched alkanes of at least 4 members (excludes halogenated alkanes) is 15. The molecule has 0 saturated heterocycles. The molecule has 0 aromatic carbocycles. The molecule has 111 valence electrons. The molecule has 0 bridgehead atoms. The van der Waals surface area contributed by atoms with Gasteiger partial charge in [0.25, 0.3) is 0 Å². The Labute approximate surface area is 145 Å². The van der Waals surface area contributed by atoms with Crippen LogP contribution in [0.3, 0.4) is 0 Å². The van der Waals surface area contributed by atoms with Gasteiger partial charge < -0.3 is 0 Å². The van der Waals surface area contributed by atoms with Gasteiger partial charge in [-0.15, -0.1) is 0 Å². The normalized spacial score (nSPS) is 10.4. The molecule has 0 heterocycles. The van der Waals surface area contributed by atoms with Crippen molar-refractivity contribution in [1.82, 2.24) is 0 Å². The zero-order valence-corrected chi connectivity index (χ0v) is 13.0. The molecule has 0 aromatic heterocycles. The van der Waals surface area contributed by atoms with Crippen molar-refractivity contribution in [2.24, 2.45) is 0 Å². The van der Waals surface area contributed by atoms with Crippen molar-refractivity contribution in [1.29, 1.82) is 0 Å². The predicted octanol–water partition coefficient (Wildman–Crippen LogP) is 6.43. The Balaban J connectivity index is 0. The third-order valence-corrected chi connectivity index (χ3v) is 3.85. The molecule has 0 N–H and O–H groups in total. The maximum absolute atomic E-state index is 3.88. The number of rotatable bonds is 15. The summed E-state index contributed by atoms with van der Waals surface area (Å²) in [6, 6.07) is 0. The van der Waals surface area contributed by atoms with Crippen molar-refractivity contribution in [2.75, 3.05) is 0 Å². The molecule has 1 radical (unpaired) electrons. The zero-order valence-electron chi connectivity index (χ0n) is 13.0. The molecular weight excluding hydrogens is 239 g/mol. The quantitative estimate of drug-likeness (QED) is 0.239. The Bertz CT molecular complexity index is 118. The van der Waals surface area contributed by atoms with Crippen molar-refractivity contribution >= 4 is 29.6 Å². The van der Waals surface area contributed by atoms with Crippen molar-refractivity contribution in [2.45, 2.75) is 110 Å². The summed E-state index contributed by atoms with van der Waals surface area (Å²) in [5.41, 5.74) is 0. The van der Waals surface area contributed by atoms with Crippen LogP contribution >= 0.6 is 0 Å². The van der Waals surface area contributed by atoms with Crippen LogP contribution < -0.4 is 0 Å². The van der Waals surface area contributed by atoms with Crippen LogP contribution in [0, 0.1) is 6.92 Å². The Hall–Kier alpha value is 1.00. The molecule has 0 atom stereocenters. The first-order chi connectivity index (χ1) is 8.91. The van der Waals surface area contributed by atoms with Gasteiger partial charge in [0, 0.05) is 0 Å². The fraction of sp³-hybridized carbons (Fsp3) is 0.944. The topological polar surface area (TPSA) is 0 Å². The van der Waals surface area contributed by atoms with Crippen molar-refractivity contribution in [3.63, 3.8) is 0 Å². The second-order valence-electron chi connectivity index (χ2n) is 5.80. The predicted molar refractivity (Wildman–Crippen MR) is 92.1 cm³/mol. The number of hydrogen-bond acceptors (Lipinski definition) is 0. The third-order valence-electron chi connectivity index (χ3n) is 3.85. The number of hydrogen-bond donors (Lipinski definition) is 0. The van der Waals surface area contributed by atoms with Crippen LogP contribution in [0.15, 0.2) is 0 Å². The van der Waals surface area contributed by atoms with E-state index in [9.17, 15) is 0 Å². The van der Waals surface area contributed by atoms with Crippen molar-refractivity contribution in [3.8, 4) is 0 Å². The molecule has 0 aromatic rings. The van der Waals surface area contributed by atoms with Crippen LogP contribution in [0.2, 0.25) is 0 Å². The van der Waals surface area contributed by atoms with Crippen LogP contribution in [0.4, 0.5) is 0 Å². The average Bonchev–Trinajstić information content (AvgIpc) is 2.39. The van der Waals surface area contributed by atoms with E-state index in [1.54, 1.807) is 0 Å². The van der Waals surface area contributed by atoms with Gasteiger partial charge in [0.15, 0.2) is 0 Å². The van der Waals surface area contributed by atoms with Gasteiger partial charge in [0.1, 0.15) is 0 Å². The monoisotopic (exact) mass is 277 g/mol. The summed E-state index contributed by atoms with van der Waals surface area (Å²) >= 11 is 0. The first kappa shape index (κ1) is 22.3. The Morgan fingerprint density at radius 1 is 0.474 bits per heavy atom. The van der Waals surface area contributed by atoms with Gasteiger partial charge in [-0.25, -0.2) is 0 Å². The first-order valence-electron chi connectivity index (χ1n) is 8.71. The zero-order chi connectivity index (χ0) is 13.3. The Morgan fingerprint density at radius 2 is 0.737 bits per heavy atom. The molecule has 19 heavy (non-hydrogen) atoms. The maximum atomic E-state index is 3.88. The van der Waals surface area contributed by atoms with Crippen LogP contribution in [-0.2, 0) is 0 Å². The summed E-state index contributed by atoms with van der Waals surface area (Å²) in [5.74, 6) is 0. The van der Waals surface area contributed by atoms with Crippen LogP contribution in [0.5, 0.6) is 0 Å². The van der Waals surface area contributed by atoms with Gasteiger partial charge in [-0.1, -0.05) is 117 Å². The van der Waals surface area contributed by atoms with Gasteiger partial charge in [0.05, 0.1) is 0 Å². The van der Waals surface area contributed by atoms with Gasteiger partial charge in [0.2, 0.25) is 0 Å². The Kier molecular flexibility index (Phi) is 25.0. The molecule has 0 aliphatic carbocycles. The van der Waals surface area contributed by atoms with Gasteiger partial charge in [-0.05, 0) is 0 Å². The summed E-state index contributed by atoms with van der Waals surface area (Å²) in [6.07, 6.45) is 22.8. The van der Waals surface area contributed by atoms with E-state index in [-0.39, 0.29) is 29.6 Å². The Morgan fingerprint density at radius 3 is 1.00 bits per heavy atom. The molecule has 0 saturated carbocycles. The second kappa shape index (κ2) is 21.3. The van der Waals surface area contributed by atoms with Crippen LogP contribution in [0.1, 0.15) is 110 Å². The van der Waals surface area contributed by atoms with Gasteiger partial charge >= 0.3 is 29.6 Å². The SMILES string of the molecule is [CH2]CCCCCCCCCCCCCCCCC.[NaH]. The molecular formula is C18H38Na. The van der Waals surface area contributed by atoms with Gasteiger partial charge in [-0.3, -0.25) is 0 Å². The molecule has 0 spiro atoms. The fourth-order valence-electron chi connectivity index (χ4n) is 2.55. The van der Waals surface area contributed by atoms with Crippen LogP contribution in [-0.4, -0.2) is 29.6 Å². The van der Waals surface area contributed by atoms with Crippen LogP contribution in [0.25, 0.3) is 0 Å². The minimum atomic E-state index is 0. The average molecular weight is 277 g/mol. The van der Waals surface area contributed by atoms with Crippen molar-refractivity contribution in [3.05, 3.63) is 6.92 Å². The molecule has 0 fully saturated rings. The van der Waals surface area contributed by atoms with E-state index in [1.165, 1.54) is 96.3 Å². The van der Waals surface area contributed by atoms with E-state index in [0.29, 0.717) is 0 Å². The summed E-state index contributed by atoms with van der Waals surface area (Å²) in [4.78, 5) is 0. The molecule has 0 amide bonds. The fourth-order valence-corrected chi connectivity index (χ4v) is 2.55. The molecule has 0 rings (SSSR count). The van der Waals surface area contributed by atoms with E-state index < -0.39 is 0 Å². The summed E-state index contributed by atoms with van der Waals surface area (Å²) < 4.78 is 0. The van der Waals surface area contributed by atoms with Crippen molar-refractivity contribution < 1.29 is 0 Å². The molecule has 1 heteroatoms. The molecule has 0 aliphatic heterocycles. The molecule has 0 unspecified atom stereocenters. The molecule has 0 aliphatic rings. The van der Waals surface area contributed by atoms with E-state index in [0.717, 1.165) is 6.42 Å². The van der Waals surface area contributed by atoms with Gasteiger partial charge in [-0.2, -0.15) is 0 Å². The molecule has 0 nitrogen and oxygen atoms in total. The first-order valence-corrected chi connectivity index (χ1v) is 8.71. The summed E-state index contributed by atoms with van der Waals surface area (Å²) in [7, 11) is 0. The minimum absolute atomic E-state index is 0. The van der Waals surface area contributed by atoms with E-state index >= 15 is 0 Å². The van der Waals surface area contributed by atoms with E-state index in [2.05, 4.69) is 13.8 Å². The summed E-state index contributed by atoms with van der Waals surface area (Å²) in [6.45, 7) is 6.18. The second-order valence-corrected chi connectivity index (χ2v) is 5.80.